The van der Waals surface area contributed by atoms with Crippen molar-refractivity contribution < 1.29 is 28.9 Å². The second-order valence-electron chi connectivity index (χ2n) is 7.26. The zero-order chi connectivity index (χ0) is 21.6. The van der Waals surface area contributed by atoms with E-state index in [1.165, 1.54) is 0 Å². The van der Waals surface area contributed by atoms with Crippen LogP contribution >= 0.6 is 0 Å². The monoisotopic (exact) mass is 418 g/mol. The number of carbonyl (C=O) groups is 2. The molecule has 1 N–H and O–H groups in total. The van der Waals surface area contributed by atoms with Gasteiger partial charge in [0.15, 0.2) is 17.3 Å². The van der Waals surface area contributed by atoms with E-state index in [9.17, 15) is 9.59 Å². The normalized spacial score (nSPS) is 12.9. The predicted octanol–water partition coefficient (Wildman–Crippen LogP) is 4.83. The molecule has 31 heavy (non-hydrogen) atoms. The maximum Gasteiger partial charge on any atom is 0.303 e. The topological polar surface area (TPSA) is 82.1 Å². The third kappa shape index (κ3) is 5.04. The Morgan fingerprint density at radius 1 is 0.935 bits per heavy atom. The Kier molecular flexibility index (Phi) is 6.17. The van der Waals surface area contributed by atoms with Crippen molar-refractivity contribution in [3.8, 4) is 17.2 Å². The molecule has 0 spiro atoms. The van der Waals surface area contributed by atoms with Crippen molar-refractivity contribution >= 4 is 11.8 Å². The molecule has 3 aromatic rings. The summed E-state index contributed by atoms with van der Waals surface area (Å²) >= 11 is 0. The van der Waals surface area contributed by atoms with E-state index in [0.29, 0.717) is 29.4 Å². The Balaban J connectivity index is 1.49. The molecule has 0 aliphatic carbocycles. The minimum Gasteiger partial charge on any atom is -0.489 e. The van der Waals surface area contributed by atoms with Crippen LogP contribution < -0.4 is 14.2 Å². The first-order valence-electron chi connectivity index (χ1n) is 10.0. The molecule has 1 atom stereocenters. The molecule has 3 aromatic carbocycles. The third-order valence-corrected chi connectivity index (χ3v) is 5.13. The number of rotatable bonds is 9. The lowest BCUT2D eigenvalue weighted by Gasteiger charge is -2.16. The highest BCUT2D eigenvalue weighted by Crippen LogP contribution is 2.33. The molecular formula is C25H22O6. The summed E-state index contributed by atoms with van der Waals surface area (Å²) in [5, 5.41) is 9.09. The van der Waals surface area contributed by atoms with Gasteiger partial charge in [0.25, 0.3) is 0 Å². The Bertz CT molecular complexity index is 1080. The molecule has 0 saturated carbocycles. The van der Waals surface area contributed by atoms with Crippen LogP contribution in [-0.2, 0) is 11.4 Å². The number of ketones is 1. The van der Waals surface area contributed by atoms with Gasteiger partial charge in [-0.25, -0.2) is 0 Å². The van der Waals surface area contributed by atoms with Crippen LogP contribution in [0.3, 0.4) is 0 Å². The fourth-order valence-electron chi connectivity index (χ4n) is 3.54. The van der Waals surface area contributed by atoms with Crippen LogP contribution in [0.15, 0.2) is 72.8 Å². The van der Waals surface area contributed by atoms with Gasteiger partial charge in [0.2, 0.25) is 6.79 Å². The number of fused-ring (bicyclic) bond motifs is 1. The molecule has 0 aromatic heterocycles. The second-order valence-corrected chi connectivity index (χ2v) is 7.26. The molecule has 6 heteroatoms. The van der Waals surface area contributed by atoms with Gasteiger partial charge in [0.05, 0.1) is 0 Å². The minimum atomic E-state index is -0.922. The van der Waals surface area contributed by atoms with Gasteiger partial charge in [-0.05, 0) is 41.8 Å². The van der Waals surface area contributed by atoms with Crippen molar-refractivity contribution in [3.05, 3.63) is 89.5 Å². The van der Waals surface area contributed by atoms with Crippen molar-refractivity contribution in [1.82, 2.24) is 0 Å². The average Bonchev–Trinajstić information content (AvgIpc) is 3.26. The molecule has 0 bridgehead atoms. The van der Waals surface area contributed by atoms with Gasteiger partial charge >= 0.3 is 5.97 Å². The number of carbonyl (C=O) groups excluding carboxylic acids is 1. The van der Waals surface area contributed by atoms with Gasteiger partial charge in [-0.1, -0.05) is 48.5 Å². The highest BCUT2D eigenvalue weighted by atomic mass is 16.7. The molecule has 4 rings (SSSR count). The fraction of sp³-hybridized carbons (Fsp3) is 0.200. The summed E-state index contributed by atoms with van der Waals surface area (Å²) in [6.45, 7) is 0.531. The van der Waals surface area contributed by atoms with Crippen molar-refractivity contribution in [3.63, 3.8) is 0 Å². The number of carboxylic acid groups (broad SMARTS) is 1. The molecule has 6 nitrogen and oxygen atoms in total. The van der Waals surface area contributed by atoms with E-state index in [0.717, 1.165) is 11.1 Å². The fourth-order valence-corrected chi connectivity index (χ4v) is 3.54. The zero-order valence-electron chi connectivity index (χ0n) is 16.8. The maximum atomic E-state index is 13.2. The second kappa shape index (κ2) is 9.34. The first-order valence-corrected chi connectivity index (χ1v) is 10.0. The Labute approximate surface area is 180 Å². The number of benzene rings is 3. The first-order chi connectivity index (χ1) is 15.1. The third-order valence-electron chi connectivity index (χ3n) is 5.13. The van der Waals surface area contributed by atoms with Crippen molar-refractivity contribution in [2.45, 2.75) is 25.4 Å². The van der Waals surface area contributed by atoms with E-state index in [1.807, 2.05) is 48.5 Å². The summed E-state index contributed by atoms with van der Waals surface area (Å²) in [6.07, 6.45) is 0.159. The maximum absolute atomic E-state index is 13.2. The van der Waals surface area contributed by atoms with Gasteiger partial charge in [-0.3, -0.25) is 9.59 Å². The molecule has 1 aliphatic rings. The van der Waals surface area contributed by atoms with E-state index in [4.69, 9.17) is 19.3 Å². The largest absolute Gasteiger partial charge is 0.489 e. The van der Waals surface area contributed by atoms with Crippen molar-refractivity contribution in [1.29, 1.82) is 0 Å². The summed E-state index contributed by atoms with van der Waals surface area (Å²) in [7, 11) is 0. The van der Waals surface area contributed by atoms with Gasteiger partial charge in [-0.2, -0.15) is 0 Å². The summed E-state index contributed by atoms with van der Waals surface area (Å²) in [4.78, 5) is 24.3. The van der Waals surface area contributed by atoms with Gasteiger partial charge in [0.1, 0.15) is 12.4 Å². The van der Waals surface area contributed by atoms with E-state index >= 15 is 0 Å². The van der Waals surface area contributed by atoms with Crippen LogP contribution in [-0.4, -0.2) is 23.7 Å². The van der Waals surface area contributed by atoms with Gasteiger partial charge < -0.3 is 19.3 Å². The molecule has 1 heterocycles. The van der Waals surface area contributed by atoms with Gasteiger partial charge in [0, 0.05) is 17.9 Å². The Hall–Kier alpha value is -3.80. The predicted molar refractivity (Wildman–Crippen MR) is 114 cm³/mol. The van der Waals surface area contributed by atoms with Crippen LogP contribution in [0.4, 0.5) is 0 Å². The Morgan fingerprint density at radius 2 is 1.74 bits per heavy atom. The number of aliphatic carboxylic acids is 1. The van der Waals surface area contributed by atoms with E-state index < -0.39 is 11.9 Å². The molecule has 0 fully saturated rings. The number of ether oxygens (including phenoxy) is 3. The highest BCUT2D eigenvalue weighted by Gasteiger charge is 2.23. The van der Waals surface area contributed by atoms with Gasteiger partial charge in [-0.15, -0.1) is 0 Å². The Morgan fingerprint density at radius 3 is 2.55 bits per heavy atom. The van der Waals surface area contributed by atoms with Crippen molar-refractivity contribution in [2.75, 3.05) is 6.79 Å². The molecule has 1 unspecified atom stereocenters. The standard InChI is InChI=1S/C25H22O6/c26-24(27)12-10-21(18-5-2-1-3-6-18)25(28)19-7-4-8-20(14-19)29-15-17-9-11-22-23(13-17)31-16-30-22/h1-9,11,13-14,21H,10,12,15-16H2,(H,26,27). The van der Waals surface area contributed by atoms with Crippen LogP contribution in [0.1, 0.15) is 40.2 Å². The molecule has 158 valence electrons. The summed E-state index contributed by atoms with van der Waals surface area (Å²) in [5.74, 6) is 0.393. The van der Waals surface area contributed by atoms with Crippen LogP contribution in [0.25, 0.3) is 0 Å². The van der Waals surface area contributed by atoms with Crippen LogP contribution in [0.2, 0.25) is 0 Å². The lowest BCUT2D eigenvalue weighted by atomic mass is 9.87. The first kappa shape index (κ1) is 20.5. The van der Waals surface area contributed by atoms with E-state index in [2.05, 4.69) is 0 Å². The van der Waals surface area contributed by atoms with Crippen molar-refractivity contribution in [2.24, 2.45) is 0 Å². The number of carboxylic acids is 1. The van der Waals surface area contributed by atoms with E-state index in [-0.39, 0.29) is 25.4 Å². The lowest BCUT2D eigenvalue weighted by Crippen LogP contribution is -2.15. The highest BCUT2D eigenvalue weighted by molar-refractivity contribution is 6.01. The van der Waals surface area contributed by atoms with Crippen LogP contribution in [0.5, 0.6) is 17.2 Å². The SMILES string of the molecule is O=C(O)CCC(C(=O)c1cccc(OCc2ccc3c(c2)OCO3)c1)c1ccccc1. The summed E-state index contributed by atoms with van der Waals surface area (Å²) in [6, 6.07) is 21.9. The number of hydrogen-bond donors (Lipinski definition) is 1. The quantitative estimate of drug-likeness (QED) is 0.502. The summed E-state index contributed by atoms with van der Waals surface area (Å²) < 4.78 is 16.6. The number of Topliss-reactive ketones (excluding diaryl/α,β-unsaturated/α-hetero) is 1. The molecule has 0 saturated heterocycles. The smallest absolute Gasteiger partial charge is 0.303 e. The molecule has 0 amide bonds. The molecular weight excluding hydrogens is 396 g/mol. The average molecular weight is 418 g/mol. The molecule has 1 aliphatic heterocycles. The molecule has 0 radical (unpaired) electrons. The van der Waals surface area contributed by atoms with Crippen LogP contribution in [0, 0.1) is 0 Å². The summed E-state index contributed by atoms with van der Waals surface area (Å²) in [5.41, 5.74) is 2.22. The zero-order valence-corrected chi connectivity index (χ0v) is 16.8. The number of hydrogen-bond acceptors (Lipinski definition) is 5. The van der Waals surface area contributed by atoms with E-state index in [1.54, 1.807) is 24.3 Å². The minimum absolute atomic E-state index is 0.0778. The lowest BCUT2D eigenvalue weighted by molar-refractivity contribution is -0.137.